The van der Waals surface area contributed by atoms with Gasteiger partial charge in [0.05, 0.1) is 26.2 Å². The first-order valence-electron chi connectivity index (χ1n) is 7.09. The minimum Gasteiger partial charge on any atom is -0.490 e. The van der Waals surface area contributed by atoms with Gasteiger partial charge < -0.3 is 14.2 Å². The third kappa shape index (κ3) is 4.48. The first-order chi connectivity index (χ1) is 11.3. The highest BCUT2D eigenvalue weighted by atomic mass is 16.5. The minimum atomic E-state index is 0.477. The van der Waals surface area contributed by atoms with E-state index >= 15 is 0 Å². The zero-order chi connectivity index (χ0) is 16.5. The summed E-state index contributed by atoms with van der Waals surface area (Å²) in [7, 11) is 1.55. The summed E-state index contributed by atoms with van der Waals surface area (Å²) < 4.78 is 16.1. The quantitative estimate of drug-likeness (QED) is 0.537. The van der Waals surface area contributed by atoms with Crippen molar-refractivity contribution in [2.45, 2.75) is 6.54 Å². The van der Waals surface area contributed by atoms with Gasteiger partial charge in [0.1, 0.15) is 0 Å². The zero-order valence-electron chi connectivity index (χ0n) is 13.1. The van der Waals surface area contributed by atoms with Gasteiger partial charge in [0.25, 0.3) is 0 Å². The summed E-state index contributed by atoms with van der Waals surface area (Å²) in [5.74, 6) is 1.48. The minimum absolute atomic E-state index is 0.477. The van der Waals surface area contributed by atoms with Crippen LogP contribution in [0.1, 0.15) is 11.1 Å². The molecule has 0 fully saturated rings. The van der Waals surface area contributed by atoms with Crippen molar-refractivity contribution in [1.29, 1.82) is 0 Å². The second kappa shape index (κ2) is 8.44. The average molecular weight is 309 g/mol. The van der Waals surface area contributed by atoms with Gasteiger partial charge in [0, 0.05) is 6.21 Å². The number of hydrogen-bond acceptors (Lipinski definition) is 4. The van der Waals surface area contributed by atoms with Gasteiger partial charge in [-0.25, -0.2) is 0 Å². The molecule has 0 heterocycles. The van der Waals surface area contributed by atoms with Crippen LogP contribution in [-0.2, 0) is 6.54 Å². The number of ether oxygens (including phenoxy) is 3. The monoisotopic (exact) mass is 309 g/mol. The Morgan fingerprint density at radius 1 is 1.00 bits per heavy atom. The highest BCUT2D eigenvalue weighted by Crippen LogP contribution is 2.38. The van der Waals surface area contributed by atoms with Gasteiger partial charge in [-0.15, -0.1) is 0 Å². The Hall–Kier alpha value is -3.01. The second-order valence-electron chi connectivity index (χ2n) is 4.57. The lowest BCUT2D eigenvalue weighted by atomic mass is 10.2. The maximum atomic E-state index is 5.38. The molecule has 0 aromatic heterocycles. The lowest BCUT2D eigenvalue weighted by Gasteiger charge is -2.12. The van der Waals surface area contributed by atoms with Crippen LogP contribution < -0.4 is 14.2 Å². The molecule has 0 amide bonds. The van der Waals surface area contributed by atoms with Crippen molar-refractivity contribution in [3.05, 3.63) is 79.3 Å². The van der Waals surface area contributed by atoms with Crippen LogP contribution in [0.25, 0.3) is 0 Å². The topological polar surface area (TPSA) is 40.0 Å². The molecular weight excluding hydrogens is 290 g/mol. The molecule has 0 aliphatic rings. The summed E-state index contributed by atoms with van der Waals surface area (Å²) in [4.78, 5) is 4.44. The Kier molecular flexibility index (Phi) is 6.00. The summed E-state index contributed by atoms with van der Waals surface area (Å²) in [6.45, 7) is 7.73. The molecule has 23 heavy (non-hydrogen) atoms. The van der Waals surface area contributed by atoms with Crippen LogP contribution in [0.3, 0.4) is 0 Å². The number of methoxy groups -OCH3 is 1. The number of aliphatic imine (C=N–C) groups is 1. The number of rotatable bonds is 8. The predicted molar refractivity (Wildman–Crippen MR) is 92.4 cm³/mol. The molecule has 4 nitrogen and oxygen atoms in total. The van der Waals surface area contributed by atoms with E-state index < -0.39 is 0 Å². The van der Waals surface area contributed by atoms with Crippen molar-refractivity contribution in [2.24, 2.45) is 4.99 Å². The summed E-state index contributed by atoms with van der Waals surface area (Å²) in [6.07, 6.45) is 4.43. The lowest BCUT2D eigenvalue weighted by Crippen LogP contribution is -1.96. The molecule has 0 saturated heterocycles. The molecule has 0 unspecified atom stereocenters. The lowest BCUT2D eigenvalue weighted by molar-refractivity contribution is 0.352. The Morgan fingerprint density at radius 3 is 2.13 bits per heavy atom. The zero-order valence-corrected chi connectivity index (χ0v) is 13.1. The molecule has 0 radical (unpaired) electrons. The van der Waals surface area contributed by atoms with Gasteiger partial charge >= 0.3 is 0 Å². The molecule has 0 bridgehead atoms. The van der Waals surface area contributed by atoms with Crippen LogP contribution in [0.5, 0.6) is 17.2 Å². The summed E-state index contributed by atoms with van der Waals surface area (Å²) in [5.41, 5.74) is 1.97. The molecule has 0 spiro atoms. The van der Waals surface area contributed by atoms with Crippen molar-refractivity contribution in [3.63, 3.8) is 0 Å². The first-order valence-corrected chi connectivity index (χ1v) is 7.09. The largest absolute Gasteiger partial charge is 0.490 e. The summed E-state index contributed by atoms with van der Waals surface area (Å²) in [6, 6.07) is 13.6. The van der Waals surface area contributed by atoms with E-state index in [9.17, 15) is 0 Å². The molecular formula is C19H19NO3. The van der Waals surface area contributed by atoms with E-state index in [1.54, 1.807) is 13.3 Å². The van der Waals surface area contributed by atoms with Crippen LogP contribution in [0.15, 0.2) is 73.1 Å². The fourth-order valence-electron chi connectivity index (χ4n) is 2.07. The highest BCUT2D eigenvalue weighted by molar-refractivity contribution is 5.82. The Labute approximate surface area is 136 Å². The normalized spacial score (nSPS) is 10.3. The van der Waals surface area contributed by atoms with Crippen molar-refractivity contribution in [1.82, 2.24) is 0 Å². The van der Waals surface area contributed by atoms with E-state index in [4.69, 9.17) is 14.2 Å². The Balaban J connectivity index is 2.26. The van der Waals surface area contributed by atoms with Crippen molar-refractivity contribution < 1.29 is 14.2 Å². The van der Waals surface area contributed by atoms with Gasteiger partial charge in [-0.05, 0) is 23.3 Å². The first kappa shape index (κ1) is 16.4. The molecule has 4 heteroatoms. The van der Waals surface area contributed by atoms with Crippen LogP contribution >= 0.6 is 0 Å². The Morgan fingerprint density at radius 2 is 1.61 bits per heavy atom. The maximum absolute atomic E-state index is 5.38. The average Bonchev–Trinajstić information content (AvgIpc) is 2.56. The van der Waals surface area contributed by atoms with E-state index in [2.05, 4.69) is 18.2 Å². The molecule has 0 atom stereocenters. The molecule has 0 aliphatic heterocycles. The Bertz CT molecular complexity index is 662. The van der Waals surface area contributed by atoms with E-state index in [-0.39, 0.29) is 0 Å². The summed E-state index contributed by atoms with van der Waals surface area (Å²) in [5, 5.41) is 0. The smallest absolute Gasteiger partial charge is 0.204 e. The van der Waals surface area contributed by atoms with Gasteiger partial charge in [-0.3, -0.25) is 4.99 Å². The molecule has 0 N–H and O–H groups in total. The van der Waals surface area contributed by atoms with E-state index in [0.29, 0.717) is 23.8 Å². The van der Waals surface area contributed by atoms with E-state index in [1.807, 2.05) is 42.5 Å². The molecule has 0 saturated carbocycles. The van der Waals surface area contributed by atoms with Crippen LogP contribution in [-0.4, -0.2) is 13.3 Å². The van der Waals surface area contributed by atoms with Gasteiger partial charge in [-0.1, -0.05) is 43.5 Å². The SMILES string of the molecule is C=COc1cc(C=NCc2ccccc2)cc(OC=C)c1OC. The number of benzene rings is 2. The number of nitrogens with zero attached hydrogens (tertiary/aromatic N) is 1. The molecule has 0 aliphatic carbocycles. The van der Waals surface area contributed by atoms with Crippen molar-refractivity contribution in [2.75, 3.05) is 7.11 Å². The van der Waals surface area contributed by atoms with Crippen LogP contribution in [0, 0.1) is 0 Å². The fraction of sp³-hybridized carbons (Fsp3) is 0.105. The van der Waals surface area contributed by atoms with Gasteiger partial charge in [-0.2, -0.15) is 0 Å². The van der Waals surface area contributed by atoms with Crippen molar-refractivity contribution >= 4 is 6.21 Å². The maximum Gasteiger partial charge on any atom is 0.204 e. The predicted octanol–water partition coefficient (Wildman–Crippen LogP) is 4.36. The summed E-state index contributed by atoms with van der Waals surface area (Å²) >= 11 is 0. The molecule has 2 aromatic rings. The van der Waals surface area contributed by atoms with Crippen LogP contribution in [0.2, 0.25) is 0 Å². The highest BCUT2D eigenvalue weighted by Gasteiger charge is 2.13. The molecule has 2 aromatic carbocycles. The second-order valence-corrected chi connectivity index (χ2v) is 4.57. The fourth-order valence-corrected chi connectivity index (χ4v) is 2.07. The standard InChI is InChI=1S/C19H19NO3/c1-4-22-17-11-16(12-18(23-5-2)19(17)21-3)14-20-13-15-9-7-6-8-10-15/h4-12,14H,1-2,13H2,3H3. The number of hydrogen-bond donors (Lipinski definition) is 0. The van der Waals surface area contributed by atoms with Crippen molar-refractivity contribution in [3.8, 4) is 17.2 Å². The van der Waals surface area contributed by atoms with Crippen LogP contribution in [0.4, 0.5) is 0 Å². The van der Waals surface area contributed by atoms with Gasteiger partial charge in [0.15, 0.2) is 11.5 Å². The molecule has 2 rings (SSSR count). The third-order valence-corrected chi connectivity index (χ3v) is 3.02. The third-order valence-electron chi connectivity index (χ3n) is 3.02. The van der Waals surface area contributed by atoms with Gasteiger partial charge in [0.2, 0.25) is 5.75 Å². The van der Waals surface area contributed by atoms with E-state index in [1.165, 1.54) is 12.5 Å². The van der Waals surface area contributed by atoms with E-state index in [0.717, 1.165) is 11.1 Å². The molecule has 118 valence electrons.